The molecule has 0 atom stereocenters. The van der Waals surface area contributed by atoms with Crippen molar-refractivity contribution in [3.63, 3.8) is 0 Å². The molecule has 1 aromatic rings. The van der Waals surface area contributed by atoms with Crippen molar-refractivity contribution in [3.8, 4) is 11.8 Å². The highest BCUT2D eigenvalue weighted by atomic mass is 35.5. The van der Waals surface area contributed by atoms with Crippen LogP contribution in [0.4, 0.5) is 0 Å². The van der Waals surface area contributed by atoms with Gasteiger partial charge in [-0.3, -0.25) is 0 Å². The lowest BCUT2D eigenvalue weighted by atomic mass is 10.1. The molecule has 0 unspecified atom stereocenters. The van der Waals surface area contributed by atoms with Gasteiger partial charge in [-0.25, -0.2) is 0 Å². The normalized spacial score (nSPS) is 9.88. The van der Waals surface area contributed by atoms with Crippen LogP contribution in [0.1, 0.15) is 17.5 Å². The van der Waals surface area contributed by atoms with E-state index in [1.165, 1.54) is 0 Å². The third-order valence-corrected chi connectivity index (χ3v) is 2.47. The fourth-order valence-corrected chi connectivity index (χ4v) is 1.89. The maximum Gasteiger partial charge on any atom is 0.126 e. The zero-order valence-electron chi connectivity index (χ0n) is 9.51. The first-order valence-corrected chi connectivity index (χ1v) is 5.47. The van der Waals surface area contributed by atoms with Gasteiger partial charge in [-0.15, -0.1) is 0 Å². The highest BCUT2D eigenvalue weighted by Gasteiger charge is 2.07. The standard InChI is InChI=1S/C12H15ClN2O/c1-9-6-11(13)7-10(12(9)16-2)8-15-5-3-4-14/h6-7,15H,3,5,8H2,1-2H3. The van der Waals surface area contributed by atoms with Gasteiger partial charge >= 0.3 is 0 Å². The third-order valence-electron chi connectivity index (χ3n) is 2.25. The Morgan fingerprint density at radius 2 is 2.25 bits per heavy atom. The molecule has 1 N–H and O–H groups in total. The molecule has 0 saturated carbocycles. The predicted octanol–water partition coefficient (Wildman–Crippen LogP) is 2.66. The molecule has 0 aromatic heterocycles. The summed E-state index contributed by atoms with van der Waals surface area (Å²) in [6.45, 7) is 3.29. The lowest BCUT2D eigenvalue weighted by molar-refractivity contribution is 0.404. The summed E-state index contributed by atoms with van der Waals surface area (Å²) < 4.78 is 5.32. The van der Waals surface area contributed by atoms with Crippen molar-refractivity contribution in [1.29, 1.82) is 5.26 Å². The average Bonchev–Trinajstić information content (AvgIpc) is 2.24. The van der Waals surface area contributed by atoms with Crippen LogP contribution >= 0.6 is 11.6 Å². The Balaban J connectivity index is 2.74. The van der Waals surface area contributed by atoms with Crippen molar-refractivity contribution in [2.24, 2.45) is 0 Å². The van der Waals surface area contributed by atoms with Crippen molar-refractivity contribution in [3.05, 3.63) is 28.3 Å². The summed E-state index contributed by atoms with van der Waals surface area (Å²) in [5.74, 6) is 0.855. The van der Waals surface area contributed by atoms with Crippen LogP contribution in [0, 0.1) is 18.3 Å². The molecule has 0 aliphatic heterocycles. The van der Waals surface area contributed by atoms with E-state index in [4.69, 9.17) is 21.6 Å². The lowest BCUT2D eigenvalue weighted by Gasteiger charge is -2.12. The number of nitrogens with zero attached hydrogens (tertiary/aromatic N) is 1. The summed E-state index contributed by atoms with van der Waals surface area (Å²) in [4.78, 5) is 0. The summed E-state index contributed by atoms with van der Waals surface area (Å²) in [6.07, 6.45) is 0.502. The van der Waals surface area contributed by atoms with Crippen LogP contribution in [0.25, 0.3) is 0 Å². The second-order valence-corrected chi connectivity index (χ2v) is 3.94. The molecule has 86 valence electrons. The molecule has 0 fully saturated rings. The molecule has 4 heteroatoms. The Labute approximate surface area is 101 Å². The SMILES string of the molecule is COc1c(C)cc(Cl)cc1CNCCC#N. The number of halogens is 1. The summed E-state index contributed by atoms with van der Waals surface area (Å²) in [7, 11) is 1.65. The molecule has 0 radical (unpaired) electrons. The van der Waals surface area contributed by atoms with Gasteiger partial charge in [0.25, 0.3) is 0 Å². The smallest absolute Gasteiger partial charge is 0.126 e. The van der Waals surface area contributed by atoms with Crippen molar-refractivity contribution in [1.82, 2.24) is 5.32 Å². The number of hydrogen-bond acceptors (Lipinski definition) is 3. The molecule has 0 aliphatic rings. The first-order valence-electron chi connectivity index (χ1n) is 5.09. The first kappa shape index (κ1) is 12.8. The van der Waals surface area contributed by atoms with E-state index in [2.05, 4.69) is 11.4 Å². The molecule has 0 heterocycles. The molecule has 0 saturated heterocycles. The fourth-order valence-electron chi connectivity index (χ4n) is 1.59. The quantitative estimate of drug-likeness (QED) is 0.803. The minimum Gasteiger partial charge on any atom is -0.496 e. The monoisotopic (exact) mass is 238 g/mol. The number of methoxy groups -OCH3 is 1. The Kier molecular flexibility index (Phi) is 5.10. The van der Waals surface area contributed by atoms with Gasteiger partial charge in [-0.1, -0.05) is 11.6 Å². The molecule has 0 bridgehead atoms. The fraction of sp³-hybridized carbons (Fsp3) is 0.417. The van der Waals surface area contributed by atoms with Crippen LogP contribution < -0.4 is 10.1 Å². The van der Waals surface area contributed by atoms with E-state index in [1.807, 2.05) is 19.1 Å². The van der Waals surface area contributed by atoms with E-state index in [1.54, 1.807) is 7.11 Å². The van der Waals surface area contributed by atoms with Crippen LogP contribution in [0.15, 0.2) is 12.1 Å². The van der Waals surface area contributed by atoms with Gasteiger partial charge in [-0.05, 0) is 24.6 Å². The Hall–Kier alpha value is -1.24. The minimum absolute atomic E-state index is 0.502. The van der Waals surface area contributed by atoms with E-state index >= 15 is 0 Å². The Morgan fingerprint density at radius 3 is 2.88 bits per heavy atom. The van der Waals surface area contributed by atoms with Crippen LogP contribution in [-0.4, -0.2) is 13.7 Å². The van der Waals surface area contributed by atoms with Gasteiger partial charge < -0.3 is 10.1 Å². The lowest BCUT2D eigenvalue weighted by Crippen LogP contribution is -2.15. The van der Waals surface area contributed by atoms with Gasteiger partial charge in [0.1, 0.15) is 5.75 Å². The summed E-state index contributed by atoms with van der Waals surface area (Å²) in [5, 5.41) is 12.3. The molecular weight excluding hydrogens is 224 g/mol. The van der Waals surface area contributed by atoms with Gasteiger partial charge in [-0.2, -0.15) is 5.26 Å². The minimum atomic E-state index is 0.502. The van der Waals surface area contributed by atoms with Gasteiger partial charge in [0.2, 0.25) is 0 Å². The van der Waals surface area contributed by atoms with Crippen molar-refractivity contribution >= 4 is 11.6 Å². The zero-order valence-corrected chi connectivity index (χ0v) is 10.3. The Morgan fingerprint density at radius 1 is 1.50 bits per heavy atom. The van der Waals surface area contributed by atoms with Gasteiger partial charge in [0, 0.05) is 30.1 Å². The highest BCUT2D eigenvalue weighted by molar-refractivity contribution is 6.30. The number of benzene rings is 1. The largest absolute Gasteiger partial charge is 0.496 e. The number of nitrogens with one attached hydrogen (secondary N) is 1. The number of rotatable bonds is 5. The Bertz CT molecular complexity index is 399. The molecule has 3 nitrogen and oxygen atoms in total. The van der Waals surface area contributed by atoms with E-state index in [9.17, 15) is 0 Å². The van der Waals surface area contributed by atoms with E-state index in [-0.39, 0.29) is 0 Å². The van der Waals surface area contributed by atoms with Gasteiger partial charge in [0.05, 0.1) is 13.2 Å². The molecule has 0 amide bonds. The molecule has 0 spiro atoms. The number of hydrogen-bond donors (Lipinski definition) is 1. The van der Waals surface area contributed by atoms with E-state index < -0.39 is 0 Å². The zero-order chi connectivity index (χ0) is 12.0. The molecule has 1 rings (SSSR count). The first-order chi connectivity index (χ1) is 7.69. The van der Waals surface area contributed by atoms with Crippen LogP contribution in [-0.2, 0) is 6.54 Å². The van der Waals surface area contributed by atoms with Crippen molar-refractivity contribution in [2.45, 2.75) is 19.9 Å². The maximum atomic E-state index is 8.42. The van der Waals surface area contributed by atoms with Crippen LogP contribution in [0.2, 0.25) is 5.02 Å². The predicted molar refractivity (Wildman–Crippen MR) is 64.7 cm³/mol. The van der Waals surface area contributed by atoms with Crippen LogP contribution in [0.5, 0.6) is 5.75 Å². The molecule has 1 aromatic carbocycles. The number of ether oxygens (including phenoxy) is 1. The maximum absolute atomic E-state index is 8.42. The number of aryl methyl sites for hydroxylation is 1. The van der Waals surface area contributed by atoms with Gasteiger partial charge in [0.15, 0.2) is 0 Å². The second-order valence-electron chi connectivity index (χ2n) is 3.50. The topological polar surface area (TPSA) is 45.0 Å². The van der Waals surface area contributed by atoms with Crippen molar-refractivity contribution < 1.29 is 4.74 Å². The third kappa shape index (κ3) is 3.41. The number of nitriles is 1. The summed E-state index contributed by atoms with van der Waals surface area (Å²) in [6, 6.07) is 5.84. The molecular formula is C12H15ClN2O. The van der Waals surface area contributed by atoms with Crippen LogP contribution in [0.3, 0.4) is 0 Å². The highest BCUT2D eigenvalue weighted by Crippen LogP contribution is 2.27. The summed E-state index contributed by atoms with van der Waals surface area (Å²) >= 11 is 5.98. The summed E-state index contributed by atoms with van der Waals surface area (Å²) in [5.41, 5.74) is 2.04. The molecule has 16 heavy (non-hydrogen) atoms. The second kappa shape index (κ2) is 6.37. The molecule has 0 aliphatic carbocycles. The van der Waals surface area contributed by atoms with E-state index in [0.717, 1.165) is 16.9 Å². The average molecular weight is 239 g/mol. The van der Waals surface area contributed by atoms with Crippen molar-refractivity contribution in [2.75, 3.05) is 13.7 Å². The van der Waals surface area contributed by atoms with E-state index in [0.29, 0.717) is 24.5 Å².